The maximum atomic E-state index is 11.6. The number of halogens is 1. The zero-order valence-electron chi connectivity index (χ0n) is 14.1. The highest BCUT2D eigenvalue weighted by Gasteiger charge is 2.42. The normalized spacial score (nSPS) is 35.4. The number of nitrogens with one attached hydrogen (secondary N) is 1. The Morgan fingerprint density at radius 1 is 1.29 bits per heavy atom. The van der Waals surface area contributed by atoms with Crippen molar-refractivity contribution in [3.05, 3.63) is 0 Å². The minimum Gasteiger partial charge on any atom is -0.381 e. The van der Waals surface area contributed by atoms with E-state index in [1.807, 2.05) is 0 Å². The van der Waals surface area contributed by atoms with Crippen molar-refractivity contribution in [1.82, 2.24) is 10.2 Å². The van der Waals surface area contributed by atoms with Gasteiger partial charge in [-0.2, -0.15) is 0 Å². The molecule has 24 heavy (non-hydrogen) atoms. The van der Waals surface area contributed by atoms with E-state index in [9.17, 15) is 8.42 Å². The monoisotopic (exact) mass is 469 g/mol. The van der Waals surface area contributed by atoms with E-state index >= 15 is 0 Å². The number of ether oxygens (including phenoxy) is 1. The molecular weight excluding hydrogens is 441 g/mol. The third kappa shape index (κ3) is 4.35. The van der Waals surface area contributed by atoms with E-state index < -0.39 is 9.84 Å². The first-order valence-electron chi connectivity index (χ1n) is 8.88. The summed E-state index contributed by atoms with van der Waals surface area (Å²) in [6.45, 7) is 4.45. The zero-order chi connectivity index (χ0) is 15.9. The number of guanidine groups is 1. The Kier molecular flexibility index (Phi) is 5.66. The molecule has 2 atom stereocenters. The van der Waals surface area contributed by atoms with Crippen molar-refractivity contribution in [2.45, 2.75) is 38.1 Å². The van der Waals surface area contributed by atoms with Crippen molar-refractivity contribution in [1.29, 1.82) is 0 Å². The molecule has 3 aliphatic heterocycles. The molecule has 3 saturated heterocycles. The quantitative estimate of drug-likeness (QED) is 0.383. The van der Waals surface area contributed by atoms with E-state index in [0.717, 1.165) is 45.1 Å². The predicted molar refractivity (Wildman–Crippen MR) is 105 cm³/mol. The van der Waals surface area contributed by atoms with E-state index in [1.54, 1.807) is 0 Å². The van der Waals surface area contributed by atoms with Gasteiger partial charge in [0.15, 0.2) is 15.8 Å². The lowest BCUT2D eigenvalue weighted by Gasteiger charge is -2.25. The minimum atomic E-state index is -2.81. The molecule has 1 spiro atoms. The molecule has 0 radical (unpaired) electrons. The van der Waals surface area contributed by atoms with Crippen molar-refractivity contribution in [3.8, 4) is 0 Å². The summed E-state index contributed by atoms with van der Waals surface area (Å²) < 4.78 is 28.8. The van der Waals surface area contributed by atoms with Gasteiger partial charge in [0.1, 0.15) is 0 Å². The highest BCUT2D eigenvalue weighted by atomic mass is 127. The number of hydrogen-bond donors (Lipinski definition) is 1. The first kappa shape index (κ1) is 18.7. The van der Waals surface area contributed by atoms with Gasteiger partial charge in [0, 0.05) is 37.7 Å². The molecule has 0 amide bonds. The van der Waals surface area contributed by atoms with Gasteiger partial charge in [-0.3, -0.25) is 4.99 Å². The van der Waals surface area contributed by atoms with Crippen LogP contribution in [0.25, 0.3) is 0 Å². The molecule has 4 aliphatic rings. The van der Waals surface area contributed by atoms with Crippen LogP contribution in [0.4, 0.5) is 0 Å². The molecule has 4 fully saturated rings. The van der Waals surface area contributed by atoms with Gasteiger partial charge >= 0.3 is 0 Å². The molecule has 3 heterocycles. The summed E-state index contributed by atoms with van der Waals surface area (Å²) in [5.74, 6) is 1.84. The summed E-state index contributed by atoms with van der Waals surface area (Å²) in [6, 6.07) is 0.567. The second-order valence-electron chi connectivity index (χ2n) is 7.83. The molecule has 138 valence electrons. The fraction of sp³-hybridized carbons (Fsp3) is 0.938. The van der Waals surface area contributed by atoms with Gasteiger partial charge in [0.2, 0.25) is 0 Å². The molecule has 8 heteroatoms. The highest BCUT2D eigenvalue weighted by Crippen LogP contribution is 2.38. The van der Waals surface area contributed by atoms with Crippen molar-refractivity contribution in [3.63, 3.8) is 0 Å². The lowest BCUT2D eigenvalue weighted by molar-refractivity contribution is 0.156. The van der Waals surface area contributed by atoms with E-state index in [2.05, 4.69) is 10.2 Å². The Bertz CT molecular complexity index is 585. The summed E-state index contributed by atoms with van der Waals surface area (Å²) in [6.07, 6.45) is 5.54. The number of rotatable bonds is 3. The van der Waals surface area contributed by atoms with Gasteiger partial charge in [-0.1, -0.05) is 0 Å². The van der Waals surface area contributed by atoms with Crippen LogP contribution in [-0.2, 0) is 14.6 Å². The molecule has 0 aromatic rings. The second kappa shape index (κ2) is 7.26. The van der Waals surface area contributed by atoms with E-state index in [0.29, 0.717) is 29.5 Å². The van der Waals surface area contributed by atoms with Crippen molar-refractivity contribution < 1.29 is 13.2 Å². The van der Waals surface area contributed by atoms with Gasteiger partial charge < -0.3 is 15.0 Å². The summed E-state index contributed by atoms with van der Waals surface area (Å²) in [5.41, 5.74) is 0.322. The third-order valence-electron chi connectivity index (χ3n) is 5.66. The van der Waals surface area contributed by atoms with Crippen LogP contribution < -0.4 is 5.32 Å². The SMILES string of the molecule is I.O=S1(=O)CCC(CN=C(NC2CC2)N2CCC3(CCOC3)C2)C1. The summed E-state index contributed by atoms with van der Waals surface area (Å²) >= 11 is 0. The second-order valence-corrected chi connectivity index (χ2v) is 10.1. The van der Waals surface area contributed by atoms with Crippen molar-refractivity contribution >= 4 is 39.8 Å². The highest BCUT2D eigenvalue weighted by molar-refractivity contribution is 14.0. The van der Waals surface area contributed by atoms with Crippen LogP contribution in [0.1, 0.15) is 32.1 Å². The van der Waals surface area contributed by atoms with Crippen LogP contribution in [0, 0.1) is 11.3 Å². The number of likely N-dealkylation sites (tertiary alicyclic amines) is 1. The van der Waals surface area contributed by atoms with Crippen LogP contribution in [0.3, 0.4) is 0 Å². The lowest BCUT2D eigenvalue weighted by Crippen LogP contribution is -2.42. The predicted octanol–water partition coefficient (Wildman–Crippen LogP) is 1.26. The van der Waals surface area contributed by atoms with E-state index in [4.69, 9.17) is 9.73 Å². The Hall–Kier alpha value is -0.0900. The van der Waals surface area contributed by atoms with Crippen LogP contribution >= 0.6 is 24.0 Å². The molecule has 0 bridgehead atoms. The van der Waals surface area contributed by atoms with E-state index in [1.165, 1.54) is 19.3 Å². The van der Waals surface area contributed by atoms with Gasteiger partial charge in [-0.05, 0) is 38.0 Å². The largest absolute Gasteiger partial charge is 0.381 e. The Morgan fingerprint density at radius 2 is 2.12 bits per heavy atom. The Balaban J connectivity index is 0.00000169. The molecule has 4 rings (SSSR count). The molecule has 1 aliphatic carbocycles. The minimum absolute atomic E-state index is 0. The first-order valence-corrected chi connectivity index (χ1v) is 10.7. The fourth-order valence-corrected chi connectivity index (χ4v) is 5.82. The first-order chi connectivity index (χ1) is 11.0. The van der Waals surface area contributed by atoms with Crippen molar-refractivity contribution in [2.24, 2.45) is 16.3 Å². The summed E-state index contributed by atoms with van der Waals surface area (Å²) in [4.78, 5) is 7.19. The maximum absolute atomic E-state index is 11.6. The number of nitrogens with zero attached hydrogens (tertiary/aromatic N) is 2. The number of hydrogen-bond acceptors (Lipinski definition) is 4. The lowest BCUT2D eigenvalue weighted by atomic mass is 9.87. The van der Waals surface area contributed by atoms with Gasteiger partial charge in [0.05, 0.1) is 18.1 Å². The molecule has 1 saturated carbocycles. The van der Waals surface area contributed by atoms with Crippen LogP contribution in [0.15, 0.2) is 4.99 Å². The number of aliphatic imine (C=N–C) groups is 1. The molecule has 0 aromatic heterocycles. The smallest absolute Gasteiger partial charge is 0.194 e. The van der Waals surface area contributed by atoms with Gasteiger partial charge in [-0.15, -0.1) is 24.0 Å². The molecule has 0 aromatic carbocycles. The van der Waals surface area contributed by atoms with Crippen LogP contribution in [0.2, 0.25) is 0 Å². The zero-order valence-corrected chi connectivity index (χ0v) is 17.2. The van der Waals surface area contributed by atoms with Gasteiger partial charge in [-0.25, -0.2) is 8.42 Å². The third-order valence-corrected chi connectivity index (χ3v) is 7.50. The van der Waals surface area contributed by atoms with Gasteiger partial charge in [0.25, 0.3) is 0 Å². The molecule has 6 nitrogen and oxygen atoms in total. The average molecular weight is 469 g/mol. The van der Waals surface area contributed by atoms with E-state index in [-0.39, 0.29) is 29.9 Å². The topological polar surface area (TPSA) is 71.0 Å². The summed E-state index contributed by atoms with van der Waals surface area (Å²) in [5, 5.41) is 3.57. The Labute approximate surface area is 161 Å². The fourth-order valence-electron chi connectivity index (χ4n) is 3.97. The molecule has 2 unspecified atom stereocenters. The average Bonchev–Trinajstić information content (AvgIpc) is 2.93. The number of sulfone groups is 1. The molecular formula is C16H28IN3O3S. The molecule has 1 N–H and O–H groups in total. The maximum Gasteiger partial charge on any atom is 0.194 e. The Morgan fingerprint density at radius 3 is 2.75 bits per heavy atom. The van der Waals surface area contributed by atoms with Crippen LogP contribution in [0.5, 0.6) is 0 Å². The van der Waals surface area contributed by atoms with Crippen molar-refractivity contribution in [2.75, 3.05) is 44.4 Å². The standard InChI is InChI=1S/C16H27N3O3S.HI/c20-23(21)8-3-13(10-23)9-17-15(18-14-1-2-14)19-6-4-16(11-19)5-7-22-12-16;/h13-14H,1-12H2,(H,17,18);1H. The van der Waals surface area contributed by atoms with Crippen LogP contribution in [-0.4, -0.2) is 69.7 Å². The summed E-state index contributed by atoms with van der Waals surface area (Å²) in [7, 11) is -2.81.